The molecule has 142 valence electrons. The second-order valence-corrected chi connectivity index (χ2v) is 9.49. The van der Waals surface area contributed by atoms with E-state index in [0.29, 0.717) is 24.2 Å². The van der Waals surface area contributed by atoms with Crippen LogP contribution < -0.4 is 0 Å². The summed E-state index contributed by atoms with van der Waals surface area (Å²) in [7, 11) is 0. The van der Waals surface area contributed by atoms with Gasteiger partial charge in [0.15, 0.2) is 5.78 Å². The maximum atomic E-state index is 11.9. The highest BCUT2D eigenvalue weighted by Crippen LogP contribution is 2.66. The summed E-state index contributed by atoms with van der Waals surface area (Å²) in [6, 6.07) is 0. The number of aliphatic carboxylic acids is 1. The van der Waals surface area contributed by atoms with Crippen molar-refractivity contribution in [3.05, 3.63) is 23.8 Å². The molecule has 0 amide bonds. The molecule has 0 aromatic heterocycles. The largest absolute Gasteiger partial charge is 0.481 e. The van der Waals surface area contributed by atoms with Crippen LogP contribution in [0, 0.1) is 40.4 Å². The van der Waals surface area contributed by atoms with Gasteiger partial charge in [0.2, 0.25) is 0 Å². The van der Waals surface area contributed by atoms with E-state index < -0.39 is 11.9 Å². The summed E-state index contributed by atoms with van der Waals surface area (Å²) in [5.41, 5.74) is 1.27. The first-order chi connectivity index (χ1) is 12.3. The van der Waals surface area contributed by atoms with Crippen molar-refractivity contribution in [1.82, 2.24) is 0 Å². The average molecular weight is 358 g/mol. The normalized spacial score (nSPS) is 45.3. The number of carboxylic acids is 1. The zero-order valence-corrected chi connectivity index (χ0v) is 15.8. The SMILES string of the molecule is C[C@]12CC[C@H]3[C@@H](C=CC4=CC(=O)CC[C@@]43C)[C@@H]1CC[C@@H]2C(CO)C(=O)O. The maximum Gasteiger partial charge on any atom is 0.309 e. The van der Waals surface area contributed by atoms with E-state index >= 15 is 0 Å². The van der Waals surface area contributed by atoms with E-state index in [1.54, 1.807) is 0 Å². The average Bonchev–Trinajstić information content (AvgIpc) is 2.93. The van der Waals surface area contributed by atoms with E-state index in [1.165, 1.54) is 5.57 Å². The minimum atomic E-state index is -0.858. The molecule has 0 aliphatic heterocycles. The minimum Gasteiger partial charge on any atom is -0.481 e. The van der Waals surface area contributed by atoms with Crippen molar-refractivity contribution >= 4 is 11.8 Å². The molecule has 0 spiro atoms. The standard InChI is InChI=1S/C22H30O4/c1-21-9-7-14(24)11-13(21)3-4-15-17-5-6-18(16(12-23)20(25)26)22(17,2)10-8-19(15)21/h3-4,11,15-19,23H,5-10,12H2,1-2H3,(H,25,26)/t15-,16?,17-,18+,19-,21-,22-/m0/s1. The third-order valence-corrected chi connectivity index (χ3v) is 8.59. The van der Waals surface area contributed by atoms with Gasteiger partial charge in [-0.3, -0.25) is 9.59 Å². The van der Waals surface area contributed by atoms with Gasteiger partial charge in [-0.25, -0.2) is 0 Å². The molecular formula is C22H30O4. The highest BCUT2D eigenvalue weighted by atomic mass is 16.4. The van der Waals surface area contributed by atoms with Crippen molar-refractivity contribution in [2.24, 2.45) is 40.4 Å². The quantitative estimate of drug-likeness (QED) is 0.808. The van der Waals surface area contributed by atoms with E-state index in [9.17, 15) is 19.8 Å². The van der Waals surface area contributed by atoms with Crippen LogP contribution in [0.4, 0.5) is 0 Å². The molecular weight excluding hydrogens is 328 g/mol. The van der Waals surface area contributed by atoms with Crippen LogP contribution in [0.1, 0.15) is 52.4 Å². The van der Waals surface area contributed by atoms with Gasteiger partial charge in [0.05, 0.1) is 12.5 Å². The predicted molar refractivity (Wildman–Crippen MR) is 98.3 cm³/mol. The third kappa shape index (κ3) is 2.37. The fourth-order valence-corrected chi connectivity index (χ4v) is 7.08. The van der Waals surface area contributed by atoms with Crippen LogP contribution in [0.5, 0.6) is 0 Å². The van der Waals surface area contributed by atoms with Gasteiger partial charge in [-0.05, 0) is 78.3 Å². The Kier molecular flexibility index (Phi) is 4.18. The Hall–Kier alpha value is -1.42. The molecule has 0 bridgehead atoms. The molecule has 0 heterocycles. The van der Waals surface area contributed by atoms with Crippen LogP contribution in [-0.2, 0) is 9.59 Å². The molecule has 4 aliphatic rings. The molecule has 4 heteroatoms. The number of allylic oxidation sites excluding steroid dienone is 4. The first kappa shape index (κ1) is 18.0. The van der Waals surface area contributed by atoms with E-state index in [2.05, 4.69) is 26.0 Å². The second-order valence-electron chi connectivity index (χ2n) is 9.49. The molecule has 0 aromatic rings. The lowest BCUT2D eigenvalue weighted by Crippen LogP contribution is -2.50. The molecule has 4 nitrogen and oxygen atoms in total. The van der Waals surface area contributed by atoms with Crippen LogP contribution >= 0.6 is 0 Å². The Balaban J connectivity index is 1.68. The molecule has 0 aromatic carbocycles. The number of rotatable bonds is 3. The molecule has 0 saturated heterocycles. The van der Waals surface area contributed by atoms with Crippen LogP contribution in [0.2, 0.25) is 0 Å². The lowest BCUT2D eigenvalue weighted by Gasteiger charge is -2.56. The van der Waals surface area contributed by atoms with Gasteiger partial charge in [0, 0.05) is 6.42 Å². The monoisotopic (exact) mass is 358 g/mol. The highest BCUT2D eigenvalue weighted by molar-refractivity contribution is 5.92. The van der Waals surface area contributed by atoms with Crippen LogP contribution in [0.3, 0.4) is 0 Å². The van der Waals surface area contributed by atoms with Crippen molar-refractivity contribution in [3.63, 3.8) is 0 Å². The summed E-state index contributed by atoms with van der Waals surface area (Å²) in [6.45, 7) is 4.33. The Labute approximate surface area is 155 Å². The van der Waals surface area contributed by atoms with Crippen LogP contribution in [-0.4, -0.2) is 28.6 Å². The van der Waals surface area contributed by atoms with Crippen molar-refractivity contribution in [2.45, 2.75) is 52.4 Å². The number of aliphatic hydroxyl groups is 1. The summed E-state index contributed by atoms with van der Waals surface area (Å²) in [5.74, 6) is 0.280. The van der Waals surface area contributed by atoms with E-state index in [-0.39, 0.29) is 29.1 Å². The third-order valence-electron chi connectivity index (χ3n) is 8.59. The summed E-state index contributed by atoms with van der Waals surface area (Å²) in [4.78, 5) is 23.6. The lowest BCUT2D eigenvalue weighted by atomic mass is 9.48. The zero-order valence-electron chi connectivity index (χ0n) is 15.8. The van der Waals surface area contributed by atoms with Crippen molar-refractivity contribution < 1.29 is 19.8 Å². The van der Waals surface area contributed by atoms with Gasteiger partial charge in [0.25, 0.3) is 0 Å². The first-order valence-electron chi connectivity index (χ1n) is 10.1. The summed E-state index contributed by atoms with van der Waals surface area (Å²) >= 11 is 0. The highest BCUT2D eigenvalue weighted by Gasteiger charge is 2.59. The molecule has 2 N–H and O–H groups in total. The van der Waals surface area contributed by atoms with E-state index in [1.807, 2.05) is 6.08 Å². The fourth-order valence-electron chi connectivity index (χ4n) is 7.08. The molecule has 2 fully saturated rings. The number of aliphatic hydroxyl groups excluding tert-OH is 1. The molecule has 1 unspecified atom stereocenters. The summed E-state index contributed by atoms with van der Waals surface area (Å²) in [5, 5.41) is 19.3. The van der Waals surface area contributed by atoms with Gasteiger partial charge in [-0.2, -0.15) is 0 Å². The zero-order chi connectivity index (χ0) is 18.7. The Morgan fingerprint density at radius 2 is 2.00 bits per heavy atom. The smallest absolute Gasteiger partial charge is 0.309 e. The number of carboxylic acid groups (broad SMARTS) is 1. The Morgan fingerprint density at radius 1 is 1.23 bits per heavy atom. The molecule has 7 atom stereocenters. The maximum absolute atomic E-state index is 11.9. The van der Waals surface area contributed by atoms with Gasteiger partial charge in [-0.1, -0.05) is 26.0 Å². The minimum absolute atomic E-state index is 0.0145. The van der Waals surface area contributed by atoms with E-state index in [4.69, 9.17) is 0 Å². The van der Waals surface area contributed by atoms with Crippen molar-refractivity contribution in [3.8, 4) is 0 Å². The van der Waals surface area contributed by atoms with Crippen molar-refractivity contribution in [2.75, 3.05) is 6.61 Å². The summed E-state index contributed by atoms with van der Waals surface area (Å²) in [6.07, 6.45) is 12.0. The van der Waals surface area contributed by atoms with Gasteiger partial charge < -0.3 is 10.2 Å². The summed E-state index contributed by atoms with van der Waals surface area (Å²) < 4.78 is 0. The number of hydrogen-bond donors (Lipinski definition) is 2. The molecule has 26 heavy (non-hydrogen) atoms. The first-order valence-corrected chi connectivity index (χ1v) is 10.1. The second kappa shape index (κ2) is 6.05. The number of hydrogen-bond acceptors (Lipinski definition) is 3. The van der Waals surface area contributed by atoms with Crippen LogP contribution in [0.15, 0.2) is 23.8 Å². The number of carbonyl (C=O) groups is 2. The number of fused-ring (bicyclic) bond motifs is 5. The van der Waals surface area contributed by atoms with E-state index in [0.717, 1.165) is 32.1 Å². The van der Waals surface area contributed by atoms with Gasteiger partial charge >= 0.3 is 5.97 Å². The Morgan fingerprint density at radius 3 is 2.69 bits per heavy atom. The van der Waals surface area contributed by atoms with Crippen molar-refractivity contribution in [1.29, 1.82) is 0 Å². The Bertz CT molecular complexity index is 692. The molecule has 4 aliphatic carbocycles. The van der Waals surface area contributed by atoms with Gasteiger partial charge in [0.1, 0.15) is 0 Å². The predicted octanol–water partition coefficient (Wildman–Crippen LogP) is 3.60. The molecule has 2 saturated carbocycles. The lowest BCUT2D eigenvalue weighted by molar-refractivity contribution is -0.148. The number of ketones is 1. The number of carbonyl (C=O) groups excluding carboxylic acids is 1. The topological polar surface area (TPSA) is 74.6 Å². The van der Waals surface area contributed by atoms with Crippen LogP contribution in [0.25, 0.3) is 0 Å². The molecule has 0 radical (unpaired) electrons. The molecule has 4 rings (SSSR count). The fraction of sp³-hybridized carbons (Fsp3) is 0.727. The van der Waals surface area contributed by atoms with Gasteiger partial charge in [-0.15, -0.1) is 0 Å².